The summed E-state index contributed by atoms with van der Waals surface area (Å²) in [5.74, 6) is 0.871. The maximum Gasteiger partial charge on any atom is 0.214 e. The Balaban J connectivity index is 1.91. The molecule has 9 heteroatoms. The van der Waals surface area contributed by atoms with Gasteiger partial charge in [0.25, 0.3) is 0 Å². The van der Waals surface area contributed by atoms with Gasteiger partial charge in [0, 0.05) is 36.2 Å². The van der Waals surface area contributed by atoms with Gasteiger partial charge in [0.1, 0.15) is 0 Å². The second kappa shape index (κ2) is 8.89. The Hall–Kier alpha value is -1.02. The first-order valence-corrected chi connectivity index (χ1v) is 10.2. The monoisotopic (exact) mass is 392 g/mol. The molecule has 0 saturated carbocycles. The van der Waals surface area contributed by atoms with Crippen molar-refractivity contribution in [2.45, 2.75) is 19.9 Å². The first kappa shape index (κ1) is 19.3. The lowest BCUT2D eigenvalue weighted by Crippen LogP contribution is -2.42. The van der Waals surface area contributed by atoms with E-state index in [1.807, 2.05) is 13.0 Å². The second-order valence-electron chi connectivity index (χ2n) is 5.43. The van der Waals surface area contributed by atoms with Crippen molar-refractivity contribution in [3.05, 3.63) is 33.8 Å². The molecular weight excluding hydrogens is 371 g/mol. The van der Waals surface area contributed by atoms with Crippen LogP contribution in [0.15, 0.2) is 23.2 Å². The number of guanidine groups is 1. The van der Waals surface area contributed by atoms with E-state index >= 15 is 0 Å². The fourth-order valence-corrected chi connectivity index (χ4v) is 4.39. The van der Waals surface area contributed by atoms with Crippen LogP contribution in [0.1, 0.15) is 18.9 Å². The van der Waals surface area contributed by atoms with Crippen LogP contribution in [0.25, 0.3) is 0 Å². The summed E-state index contributed by atoms with van der Waals surface area (Å²) < 4.78 is 25.0. The van der Waals surface area contributed by atoms with Crippen LogP contribution < -0.4 is 10.6 Å². The second-order valence-corrected chi connectivity index (χ2v) is 8.36. The first-order chi connectivity index (χ1) is 11.4. The zero-order chi connectivity index (χ0) is 17.6. The zero-order valence-electron chi connectivity index (χ0n) is 13.6. The van der Waals surface area contributed by atoms with Gasteiger partial charge >= 0.3 is 0 Å². The minimum Gasteiger partial charge on any atom is -0.357 e. The van der Waals surface area contributed by atoms with E-state index in [1.54, 1.807) is 12.1 Å². The predicted molar refractivity (Wildman–Crippen MR) is 99.3 cm³/mol. The minimum atomic E-state index is -3.06. The highest BCUT2D eigenvalue weighted by Crippen LogP contribution is 2.21. The number of rotatable bonds is 6. The van der Waals surface area contributed by atoms with Gasteiger partial charge in [0.2, 0.25) is 10.0 Å². The van der Waals surface area contributed by atoms with Gasteiger partial charge in [-0.1, -0.05) is 29.3 Å². The number of nitrogens with zero attached hydrogens (tertiary/aromatic N) is 2. The Kier molecular flexibility index (Phi) is 7.16. The lowest BCUT2D eigenvalue weighted by molar-refractivity contribution is 0.445. The summed E-state index contributed by atoms with van der Waals surface area (Å²) in [4.78, 5) is 4.47. The molecule has 0 aliphatic carbocycles. The van der Waals surface area contributed by atoms with Crippen molar-refractivity contribution in [1.82, 2.24) is 14.9 Å². The van der Waals surface area contributed by atoms with Gasteiger partial charge < -0.3 is 10.6 Å². The van der Waals surface area contributed by atoms with Crippen molar-refractivity contribution in [3.8, 4) is 0 Å². The molecule has 0 aromatic heterocycles. The topological polar surface area (TPSA) is 73.8 Å². The van der Waals surface area contributed by atoms with Crippen LogP contribution in [-0.2, 0) is 16.6 Å². The highest BCUT2D eigenvalue weighted by atomic mass is 35.5. The number of nitrogens with one attached hydrogen (secondary N) is 2. The molecule has 24 heavy (non-hydrogen) atoms. The Labute approximate surface area is 153 Å². The standard InChI is InChI=1S/C15H22Cl2N4O2S/c1-2-18-15(19-6-8-21-7-3-9-24(21,22)23)20-11-12-4-5-13(16)10-14(12)17/h4-5,10H,2-3,6-9,11H2,1H3,(H2,18,19,20). The van der Waals surface area contributed by atoms with E-state index < -0.39 is 10.0 Å². The summed E-state index contributed by atoms with van der Waals surface area (Å²) in [6, 6.07) is 5.30. The number of halogens is 2. The summed E-state index contributed by atoms with van der Waals surface area (Å²) in [6.45, 7) is 4.62. The van der Waals surface area contributed by atoms with Gasteiger partial charge in [0.05, 0.1) is 12.3 Å². The minimum absolute atomic E-state index is 0.246. The third-order valence-electron chi connectivity index (χ3n) is 3.62. The lowest BCUT2D eigenvalue weighted by atomic mass is 10.2. The molecule has 1 aromatic carbocycles. The molecule has 1 heterocycles. The number of benzene rings is 1. The van der Waals surface area contributed by atoms with E-state index in [4.69, 9.17) is 23.2 Å². The number of hydrogen-bond acceptors (Lipinski definition) is 3. The summed E-state index contributed by atoms with van der Waals surface area (Å²) in [6.07, 6.45) is 0.700. The van der Waals surface area contributed by atoms with Crippen molar-refractivity contribution in [2.24, 2.45) is 4.99 Å². The molecule has 2 rings (SSSR count). The number of aliphatic imine (C=N–C) groups is 1. The average Bonchev–Trinajstić information content (AvgIpc) is 2.85. The van der Waals surface area contributed by atoms with Crippen molar-refractivity contribution in [3.63, 3.8) is 0 Å². The van der Waals surface area contributed by atoms with Crippen LogP contribution in [0, 0.1) is 0 Å². The quantitative estimate of drug-likeness (QED) is 0.574. The van der Waals surface area contributed by atoms with E-state index in [0.717, 1.165) is 5.56 Å². The van der Waals surface area contributed by atoms with Gasteiger partial charge in [-0.05, 0) is 31.0 Å². The molecule has 1 aliphatic rings. The van der Waals surface area contributed by atoms with Crippen LogP contribution in [0.4, 0.5) is 0 Å². The molecule has 0 bridgehead atoms. The SMILES string of the molecule is CCNC(=NCc1ccc(Cl)cc1Cl)NCCN1CCCS1(=O)=O. The van der Waals surface area contributed by atoms with Gasteiger partial charge in [-0.15, -0.1) is 0 Å². The summed E-state index contributed by atoms with van der Waals surface area (Å²) in [7, 11) is -3.06. The van der Waals surface area contributed by atoms with Crippen molar-refractivity contribution >= 4 is 39.2 Å². The van der Waals surface area contributed by atoms with Crippen LogP contribution in [0.2, 0.25) is 10.0 Å². The fourth-order valence-electron chi connectivity index (χ4n) is 2.40. The van der Waals surface area contributed by atoms with E-state index in [-0.39, 0.29) is 5.75 Å². The Morgan fingerprint density at radius 3 is 2.75 bits per heavy atom. The largest absolute Gasteiger partial charge is 0.357 e. The van der Waals surface area contributed by atoms with Crippen molar-refractivity contribution in [1.29, 1.82) is 0 Å². The predicted octanol–water partition coefficient (Wildman–Crippen LogP) is 2.08. The molecule has 0 radical (unpaired) electrons. The molecule has 1 saturated heterocycles. The number of sulfonamides is 1. The zero-order valence-corrected chi connectivity index (χ0v) is 15.9. The van der Waals surface area contributed by atoms with Gasteiger partial charge in [-0.2, -0.15) is 0 Å². The van der Waals surface area contributed by atoms with E-state index in [1.165, 1.54) is 4.31 Å². The molecule has 1 aromatic rings. The van der Waals surface area contributed by atoms with Crippen LogP contribution in [-0.4, -0.2) is 50.6 Å². The smallest absolute Gasteiger partial charge is 0.214 e. The van der Waals surface area contributed by atoms with Crippen molar-refractivity contribution < 1.29 is 8.42 Å². The summed E-state index contributed by atoms with van der Waals surface area (Å²) in [5, 5.41) is 7.44. The Morgan fingerprint density at radius 1 is 1.33 bits per heavy atom. The molecular formula is C15H22Cl2N4O2S. The lowest BCUT2D eigenvalue weighted by Gasteiger charge is -2.16. The highest BCUT2D eigenvalue weighted by Gasteiger charge is 2.27. The number of hydrogen-bond donors (Lipinski definition) is 2. The summed E-state index contributed by atoms with van der Waals surface area (Å²) >= 11 is 12.0. The molecule has 1 fully saturated rings. The maximum atomic E-state index is 11.8. The summed E-state index contributed by atoms with van der Waals surface area (Å²) in [5.41, 5.74) is 0.875. The van der Waals surface area contributed by atoms with E-state index in [0.29, 0.717) is 55.1 Å². The normalized spacial score (nSPS) is 17.9. The third-order valence-corrected chi connectivity index (χ3v) is 6.17. The Morgan fingerprint density at radius 2 is 2.12 bits per heavy atom. The van der Waals surface area contributed by atoms with Crippen LogP contribution >= 0.6 is 23.2 Å². The molecule has 0 unspecified atom stereocenters. The highest BCUT2D eigenvalue weighted by molar-refractivity contribution is 7.89. The van der Waals surface area contributed by atoms with Gasteiger partial charge in [0.15, 0.2) is 5.96 Å². The van der Waals surface area contributed by atoms with E-state index in [2.05, 4.69) is 15.6 Å². The third kappa shape index (κ3) is 5.51. The van der Waals surface area contributed by atoms with Gasteiger partial charge in [-0.3, -0.25) is 0 Å². The molecule has 6 nitrogen and oxygen atoms in total. The first-order valence-electron chi connectivity index (χ1n) is 7.86. The average molecular weight is 393 g/mol. The molecule has 2 N–H and O–H groups in total. The molecule has 0 spiro atoms. The molecule has 1 aliphatic heterocycles. The van der Waals surface area contributed by atoms with Crippen LogP contribution in [0.3, 0.4) is 0 Å². The Bertz CT molecular complexity index is 695. The van der Waals surface area contributed by atoms with Crippen molar-refractivity contribution in [2.75, 3.05) is 31.9 Å². The molecule has 134 valence electrons. The fraction of sp³-hybridized carbons (Fsp3) is 0.533. The van der Waals surface area contributed by atoms with Gasteiger partial charge in [-0.25, -0.2) is 17.7 Å². The molecule has 0 amide bonds. The van der Waals surface area contributed by atoms with E-state index in [9.17, 15) is 8.42 Å². The molecule has 0 atom stereocenters. The van der Waals surface area contributed by atoms with Crippen LogP contribution in [0.5, 0.6) is 0 Å². The maximum absolute atomic E-state index is 11.8.